The molecule has 6 nitrogen and oxygen atoms in total. The molecule has 3 rings (SSSR count). The van der Waals surface area contributed by atoms with Gasteiger partial charge in [0.15, 0.2) is 5.65 Å². The summed E-state index contributed by atoms with van der Waals surface area (Å²) in [5, 5.41) is 5.35. The minimum absolute atomic E-state index is 0.244. The van der Waals surface area contributed by atoms with Gasteiger partial charge in [0.05, 0.1) is 17.1 Å². The number of anilines is 1. The molecule has 2 N–H and O–H groups in total. The lowest BCUT2D eigenvalue weighted by molar-refractivity contribution is -0.120. The number of aryl methyl sites for hydroxylation is 1. The summed E-state index contributed by atoms with van der Waals surface area (Å²) < 4.78 is 1.91. The molecule has 1 aliphatic rings. The average Bonchev–Trinajstić information content (AvgIpc) is 2.81. The highest BCUT2D eigenvalue weighted by Gasteiger charge is 2.24. The van der Waals surface area contributed by atoms with Crippen LogP contribution in [0, 0.1) is 6.92 Å². The molecule has 2 aromatic heterocycles. The molecule has 2 aromatic rings. The van der Waals surface area contributed by atoms with E-state index < -0.39 is 0 Å². The third-order valence-corrected chi connectivity index (χ3v) is 3.55. The molecule has 2 heterocycles. The van der Waals surface area contributed by atoms with Crippen LogP contribution in [-0.2, 0) is 4.79 Å². The molecule has 0 spiro atoms. The molecule has 20 heavy (non-hydrogen) atoms. The maximum absolute atomic E-state index is 11.3. The third-order valence-electron chi connectivity index (χ3n) is 3.55. The van der Waals surface area contributed by atoms with Crippen LogP contribution in [-0.4, -0.2) is 25.5 Å². The van der Waals surface area contributed by atoms with Gasteiger partial charge >= 0.3 is 0 Å². The maximum Gasteiger partial charge on any atom is 0.163 e. The van der Waals surface area contributed by atoms with Crippen LogP contribution < -0.4 is 5.73 Å². The lowest BCUT2D eigenvalue weighted by Gasteiger charge is -2.21. The Morgan fingerprint density at radius 1 is 1.25 bits per heavy atom. The van der Waals surface area contributed by atoms with Gasteiger partial charge < -0.3 is 5.73 Å². The summed E-state index contributed by atoms with van der Waals surface area (Å²) in [6, 6.07) is 0.244. The first-order valence-electron chi connectivity index (χ1n) is 7.14. The van der Waals surface area contributed by atoms with Gasteiger partial charge in [-0.25, -0.2) is 14.6 Å². The first-order valence-corrected chi connectivity index (χ1v) is 7.14. The van der Waals surface area contributed by atoms with Crippen LogP contribution in [0.2, 0.25) is 0 Å². The zero-order chi connectivity index (χ0) is 14.7. The predicted octanol–water partition coefficient (Wildman–Crippen LogP) is 2.43. The summed E-state index contributed by atoms with van der Waals surface area (Å²) in [6.07, 6.45) is 4.39. The normalized spacial score (nSPS) is 16.1. The van der Waals surface area contributed by atoms with Crippen LogP contribution in [0.15, 0.2) is 6.33 Å². The summed E-state index contributed by atoms with van der Waals surface area (Å²) in [4.78, 5) is 19.6. The van der Waals surface area contributed by atoms with Crippen molar-refractivity contribution in [3.8, 4) is 0 Å². The van der Waals surface area contributed by atoms with E-state index in [4.69, 9.17) is 5.73 Å². The number of ketones is 1. The molecule has 108 valence electrons. The van der Waals surface area contributed by atoms with Gasteiger partial charge in [-0.15, -0.1) is 0 Å². The van der Waals surface area contributed by atoms with Gasteiger partial charge in [-0.05, 0) is 19.8 Å². The number of nitrogens with two attached hydrogens (primary N) is 1. The Balaban J connectivity index is 0.000000704. The molecule has 1 aliphatic carbocycles. The highest BCUT2D eigenvalue weighted by molar-refractivity contribution is 5.88. The summed E-state index contributed by atoms with van der Waals surface area (Å²) in [6.45, 7) is 5.91. The summed E-state index contributed by atoms with van der Waals surface area (Å²) in [5.41, 5.74) is 7.49. The number of nitrogen functional groups attached to an aromatic ring is 1. The van der Waals surface area contributed by atoms with Crippen molar-refractivity contribution in [2.24, 2.45) is 0 Å². The fraction of sp³-hybridized carbons (Fsp3) is 0.571. The van der Waals surface area contributed by atoms with Crippen LogP contribution in [0.4, 0.5) is 5.82 Å². The highest BCUT2D eigenvalue weighted by atomic mass is 16.1. The Labute approximate surface area is 118 Å². The molecule has 0 radical (unpaired) electrons. The van der Waals surface area contributed by atoms with Crippen molar-refractivity contribution >= 4 is 22.6 Å². The van der Waals surface area contributed by atoms with Gasteiger partial charge in [-0.3, -0.25) is 4.79 Å². The number of Topliss-reactive ketones (excluding diaryl/α,β-unsaturated/α-hetero) is 1. The zero-order valence-electron chi connectivity index (χ0n) is 12.3. The maximum atomic E-state index is 11.3. The van der Waals surface area contributed by atoms with Crippen molar-refractivity contribution in [1.82, 2.24) is 19.7 Å². The molecule has 1 fully saturated rings. The molecule has 1 saturated carbocycles. The Kier molecular flexibility index (Phi) is 4.32. The Bertz CT molecular complexity index is 609. The predicted molar refractivity (Wildman–Crippen MR) is 78.3 cm³/mol. The fourth-order valence-electron chi connectivity index (χ4n) is 2.59. The number of carbonyl (C=O) groups excluding carboxylic acids is 1. The van der Waals surface area contributed by atoms with Crippen molar-refractivity contribution in [2.75, 3.05) is 5.73 Å². The van der Waals surface area contributed by atoms with E-state index in [0.717, 1.165) is 29.6 Å². The molecule has 0 atom stereocenters. The van der Waals surface area contributed by atoms with E-state index in [0.29, 0.717) is 24.4 Å². The summed E-state index contributed by atoms with van der Waals surface area (Å²) in [5.74, 6) is 0.809. The number of hydrogen-bond donors (Lipinski definition) is 1. The Hall–Kier alpha value is -1.98. The first-order chi connectivity index (χ1) is 9.66. The summed E-state index contributed by atoms with van der Waals surface area (Å²) >= 11 is 0. The van der Waals surface area contributed by atoms with Gasteiger partial charge in [-0.2, -0.15) is 5.10 Å². The molecule has 0 aromatic carbocycles. The van der Waals surface area contributed by atoms with Gasteiger partial charge in [0.1, 0.15) is 17.9 Å². The van der Waals surface area contributed by atoms with E-state index in [2.05, 4.69) is 15.1 Å². The second kappa shape index (κ2) is 5.98. The van der Waals surface area contributed by atoms with Crippen LogP contribution in [0.25, 0.3) is 11.0 Å². The lowest BCUT2D eigenvalue weighted by Crippen LogP contribution is -2.19. The van der Waals surface area contributed by atoms with Crippen LogP contribution in [0.3, 0.4) is 0 Å². The molecule has 0 amide bonds. The van der Waals surface area contributed by atoms with E-state index in [-0.39, 0.29) is 6.04 Å². The van der Waals surface area contributed by atoms with E-state index >= 15 is 0 Å². The van der Waals surface area contributed by atoms with Gasteiger partial charge in [0, 0.05) is 12.8 Å². The number of fused-ring (bicyclic) bond motifs is 1. The molecule has 0 unspecified atom stereocenters. The molecule has 0 aliphatic heterocycles. The van der Waals surface area contributed by atoms with Crippen LogP contribution in [0.1, 0.15) is 51.3 Å². The quantitative estimate of drug-likeness (QED) is 0.863. The minimum atomic E-state index is 0.244. The van der Waals surface area contributed by atoms with E-state index in [1.165, 1.54) is 6.33 Å². The Morgan fingerprint density at radius 3 is 2.55 bits per heavy atom. The number of hydrogen-bond acceptors (Lipinski definition) is 5. The third kappa shape index (κ3) is 2.50. The van der Waals surface area contributed by atoms with Crippen molar-refractivity contribution < 1.29 is 4.79 Å². The van der Waals surface area contributed by atoms with Crippen LogP contribution in [0.5, 0.6) is 0 Å². The number of aromatic nitrogens is 4. The van der Waals surface area contributed by atoms with E-state index in [1.807, 2.05) is 25.5 Å². The number of carbonyl (C=O) groups is 1. The number of nitrogens with zero attached hydrogens (tertiary/aromatic N) is 4. The number of rotatable bonds is 1. The molecule has 0 saturated heterocycles. The van der Waals surface area contributed by atoms with Crippen molar-refractivity contribution in [2.45, 2.75) is 52.5 Å². The first kappa shape index (κ1) is 14.4. The second-order valence-corrected chi connectivity index (χ2v) is 4.76. The van der Waals surface area contributed by atoms with Crippen LogP contribution >= 0.6 is 0 Å². The molecular weight excluding hydrogens is 254 g/mol. The van der Waals surface area contributed by atoms with Gasteiger partial charge in [0.25, 0.3) is 0 Å². The largest absolute Gasteiger partial charge is 0.383 e. The summed E-state index contributed by atoms with van der Waals surface area (Å²) in [7, 11) is 0. The minimum Gasteiger partial charge on any atom is -0.383 e. The van der Waals surface area contributed by atoms with Gasteiger partial charge in [0.2, 0.25) is 0 Å². The smallest absolute Gasteiger partial charge is 0.163 e. The molecule has 6 heteroatoms. The molecule has 0 bridgehead atoms. The molecular formula is C14H21N5O. The highest BCUT2D eigenvalue weighted by Crippen LogP contribution is 2.30. The fourth-order valence-corrected chi connectivity index (χ4v) is 2.59. The lowest BCUT2D eigenvalue weighted by atomic mass is 9.94. The second-order valence-electron chi connectivity index (χ2n) is 4.76. The van der Waals surface area contributed by atoms with E-state index in [1.54, 1.807) is 0 Å². The van der Waals surface area contributed by atoms with Crippen molar-refractivity contribution in [1.29, 1.82) is 0 Å². The van der Waals surface area contributed by atoms with E-state index in [9.17, 15) is 4.79 Å². The average molecular weight is 275 g/mol. The van der Waals surface area contributed by atoms with Crippen molar-refractivity contribution in [3.63, 3.8) is 0 Å². The SMILES string of the molecule is CC.Cc1nn(C2CCC(=O)CC2)c2ncnc(N)c12. The Morgan fingerprint density at radius 2 is 1.90 bits per heavy atom. The monoisotopic (exact) mass is 275 g/mol. The van der Waals surface area contributed by atoms with Crippen molar-refractivity contribution in [3.05, 3.63) is 12.0 Å². The topological polar surface area (TPSA) is 86.7 Å². The standard InChI is InChI=1S/C12H15N5O.C2H6/c1-7-10-11(13)14-6-15-12(10)17(16-7)8-2-4-9(18)5-3-8;1-2/h6,8H,2-5H2,1H3,(H2,13,14,15);1-2H3. The zero-order valence-corrected chi connectivity index (χ0v) is 12.3. The van der Waals surface area contributed by atoms with Gasteiger partial charge in [-0.1, -0.05) is 13.8 Å².